The van der Waals surface area contributed by atoms with Gasteiger partial charge in [0.1, 0.15) is 5.75 Å². The molecule has 1 aliphatic rings. The minimum atomic E-state index is -0.178. The Labute approximate surface area is 182 Å². The van der Waals surface area contributed by atoms with Gasteiger partial charge in [-0.2, -0.15) is 0 Å². The van der Waals surface area contributed by atoms with E-state index in [-0.39, 0.29) is 24.1 Å². The molecular formula is C25H27N3O3. The van der Waals surface area contributed by atoms with Gasteiger partial charge in [0, 0.05) is 37.3 Å². The molecule has 6 nitrogen and oxygen atoms in total. The zero-order chi connectivity index (χ0) is 22.0. The van der Waals surface area contributed by atoms with Crippen LogP contribution in [0.3, 0.4) is 0 Å². The zero-order valence-electron chi connectivity index (χ0n) is 17.9. The van der Waals surface area contributed by atoms with Crippen molar-refractivity contribution in [2.24, 2.45) is 0 Å². The van der Waals surface area contributed by atoms with Gasteiger partial charge in [0.05, 0.1) is 12.1 Å². The third-order valence-electron chi connectivity index (χ3n) is 6.04. The molecule has 0 aliphatic carbocycles. The summed E-state index contributed by atoms with van der Waals surface area (Å²) < 4.78 is 0. The molecule has 3 aromatic carbocycles. The molecule has 4 rings (SSSR count). The Hall–Kier alpha value is -3.38. The van der Waals surface area contributed by atoms with E-state index >= 15 is 0 Å². The van der Waals surface area contributed by atoms with Crippen LogP contribution in [0, 0.1) is 13.8 Å². The van der Waals surface area contributed by atoms with Crippen LogP contribution >= 0.6 is 0 Å². The van der Waals surface area contributed by atoms with Crippen LogP contribution < -0.4 is 5.32 Å². The number of anilines is 1. The molecule has 0 radical (unpaired) electrons. The van der Waals surface area contributed by atoms with Gasteiger partial charge in [0.2, 0.25) is 5.91 Å². The monoisotopic (exact) mass is 417 g/mol. The molecule has 1 heterocycles. The summed E-state index contributed by atoms with van der Waals surface area (Å²) in [7, 11) is 0. The normalized spacial score (nSPS) is 14.6. The second-order valence-corrected chi connectivity index (χ2v) is 8.05. The number of piperazine rings is 1. The third-order valence-corrected chi connectivity index (χ3v) is 6.04. The molecule has 1 fully saturated rings. The van der Waals surface area contributed by atoms with Gasteiger partial charge >= 0.3 is 0 Å². The van der Waals surface area contributed by atoms with Gasteiger partial charge in [-0.3, -0.25) is 14.5 Å². The van der Waals surface area contributed by atoms with E-state index in [0.29, 0.717) is 37.1 Å². The van der Waals surface area contributed by atoms with Crippen LogP contribution in [0.15, 0.2) is 54.6 Å². The van der Waals surface area contributed by atoms with Crippen LogP contribution in [0.25, 0.3) is 10.8 Å². The molecule has 3 aromatic rings. The highest BCUT2D eigenvalue weighted by Gasteiger charge is 2.25. The fourth-order valence-electron chi connectivity index (χ4n) is 3.99. The smallest absolute Gasteiger partial charge is 0.257 e. The maximum Gasteiger partial charge on any atom is 0.257 e. The second kappa shape index (κ2) is 8.78. The van der Waals surface area contributed by atoms with Gasteiger partial charge in [0.15, 0.2) is 0 Å². The summed E-state index contributed by atoms with van der Waals surface area (Å²) in [6.45, 7) is 6.56. The van der Waals surface area contributed by atoms with Crippen molar-refractivity contribution < 1.29 is 14.7 Å². The first-order valence-electron chi connectivity index (χ1n) is 10.5. The topological polar surface area (TPSA) is 72.9 Å². The van der Waals surface area contributed by atoms with Crippen LogP contribution in [-0.4, -0.2) is 59.4 Å². The lowest BCUT2D eigenvalue weighted by molar-refractivity contribution is -0.117. The fraction of sp³-hybridized carbons (Fsp3) is 0.280. The van der Waals surface area contributed by atoms with Crippen LogP contribution in [0.2, 0.25) is 0 Å². The van der Waals surface area contributed by atoms with E-state index in [1.54, 1.807) is 11.0 Å². The summed E-state index contributed by atoms with van der Waals surface area (Å²) >= 11 is 0. The van der Waals surface area contributed by atoms with Crippen LogP contribution in [0.4, 0.5) is 5.69 Å². The van der Waals surface area contributed by atoms with Gasteiger partial charge in [-0.25, -0.2) is 0 Å². The number of nitrogens with one attached hydrogen (secondary N) is 1. The van der Waals surface area contributed by atoms with E-state index in [9.17, 15) is 14.7 Å². The molecule has 0 spiro atoms. The molecule has 2 amide bonds. The first kappa shape index (κ1) is 20.9. The number of hydrogen-bond donors (Lipinski definition) is 2. The van der Waals surface area contributed by atoms with Crippen LogP contribution in [-0.2, 0) is 4.79 Å². The van der Waals surface area contributed by atoms with Crippen LogP contribution in [0.1, 0.15) is 21.5 Å². The Bertz CT molecular complexity index is 1130. The van der Waals surface area contributed by atoms with E-state index in [1.165, 1.54) is 0 Å². The Balaban J connectivity index is 1.35. The average molecular weight is 418 g/mol. The number of benzene rings is 3. The maximum atomic E-state index is 13.0. The lowest BCUT2D eigenvalue weighted by Gasteiger charge is -2.34. The number of hydrogen-bond acceptors (Lipinski definition) is 4. The Morgan fingerprint density at radius 2 is 1.68 bits per heavy atom. The molecule has 0 bridgehead atoms. The lowest BCUT2D eigenvalue weighted by atomic mass is 10.0. The van der Waals surface area contributed by atoms with Gasteiger partial charge < -0.3 is 15.3 Å². The number of carbonyl (C=O) groups is 2. The van der Waals surface area contributed by atoms with Crippen molar-refractivity contribution in [3.8, 4) is 5.75 Å². The SMILES string of the molecule is Cc1cccc(NC(=O)CN2CCN(C(=O)c3ccc4ccccc4c3O)CC2)c1C. The van der Waals surface area contributed by atoms with Gasteiger partial charge in [-0.1, -0.05) is 42.5 Å². The number of amides is 2. The number of carbonyl (C=O) groups excluding carboxylic acids is 2. The number of phenols is 1. The van der Waals surface area contributed by atoms with Crippen molar-refractivity contribution in [3.05, 3.63) is 71.3 Å². The number of aromatic hydroxyl groups is 1. The summed E-state index contributed by atoms with van der Waals surface area (Å²) in [4.78, 5) is 29.2. The number of phenolic OH excluding ortho intramolecular Hbond substituents is 1. The highest BCUT2D eigenvalue weighted by atomic mass is 16.3. The predicted molar refractivity (Wildman–Crippen MR) is 123 cm³/mol. The molecule has 2 N–H and O–H groups in total. The van der Waals surface area contributed by atoms with Crippen molar-refractivity contribution >= 4 is 28.3 Å². The summed E-state index contributed by atoms with van der Waals surface area (Å²) in [6, 6.07) is 16.9. The molecule has 0 atom stereocenters. The first-order valence-corrected chi connectivity index (χ1v) is 10.5. The number of fused-ring (bicyclic) bond motifs is 1. The van der Waals surface area contributed by atoms with Crippen molar-refractivity contribution in [3.63, 3.8) is 0 Å². The Morgan fingerprint density at radius 3 is 2.45 bits per heavy atom. The van der Waals surface area contributed by atoms with Crippen molar-refractivity contribution in [1.82, 2.24) is 9.80 Å². The number of aryl methyl sites for hydroxylation is 1. The van der Waals surface area contributed by atoms with E-state index in [4.69, 9.17) is 0 Å². The summed E-state index contributed by atoms with van der Waals surface area (Å²) in [6.07, 6.45) is 0. The largest absolute Gasteiger partial charge is 0.506 e. The Kier molecular flexibility index (Phi) is 5.91. The van der Waals surface area contributed by atoms with Gasteiger partial charge in [-0.05, 0) is 42.5 Å². The number of nitrogens with zero attached hydrogens (tertiary/aromatic N) is 2. The molecule has 1 aliphatic heterocycles. The average Bonchev–Trinajstić information content (AvgIpc) is 2.77. The quantitative estimate of drug-likeness (QED) is 0.681. The minimum Gasteiger partial charge on any atom is -0.506 e. The Morgan fingerprint density at radius 1 is 0.935 bits per heavy atom. The summed E-state index contributed by atoms with van der Waals surface area (Å²) in [5.41, 5.74) is 3.37. The summed E-state index contributed by atoms with van der Waals surface area (Å²) in [5.74, 6) is -0.207. The molecule has 0 aromatic heterocycles. The molecule has 160 valence electrons. The van der Waals surface area contributed by atoms with Crippen molar-refractivity contribution in [2.75, 3.05) is 38.0 Å². The summed E-state index contributed by atoms with van der Waals surface area (Å²) in [5, 5.41) is 15.2. The van der Waals surface area contributed by atoms with Crippen LogP contribution in [0.5, 0.6) is 5.75 Å². The lowest BCUT2D eigenvalue weighted by Crippen LogP contribution is -2.50. The molecule has 0 saturated carbocycles. The molecule has 6 heteroatoms. The maximum absolute atomic E-state index is 13.0. The highest BCUT2D eigenvalue weighted by Crippen LogP contribution is 2.29. The zero-order valence-corrected chi connectivity index (χ0v) is 17.9. The highest BCUT2D eigenvalue weighted by molar-refractivity contribution is 6.03. The van der Waals surface area contributed by atoms with Gasteiger partial charge in [-0.15, -0.1) is 0 Å². The standard InChI is InChI=1S/C25H27N3O3/c1-17-6-5-9-22(18(17)2)26-23(29)16-27-12-14-28(15-13-27)25(31)21-11-10-19-7-3-4-8-20(19)24(21)30/h3-11,30H,12-16H2,1-2H3,(H,26,29). The first-order chi connectivity index (χ1) is 14.9. The minimum absolute atomic E-state index is 0.0263. The van der Waals surface area contributed by atoms with E-state index in [2.05, 4.69) is 5.32 Å². The number of rotatable bonds is 4. The van der Waals surface area contributed by atoms with Crippen molar-refractivity contribution in [2.45, 2.75) is 13.8 Å². The molecular weight excluding hydrogens is 390 g/mol. The van der Waals surface area contributed by atoms with E-state index in [0.717, 1.165) is 22.2 Å². The molecule has 0 unspecified atom stereocenters. The molecule has 31 heavy (non-hydrogen) atoms. The van der Waals surface area contributed by atoms with E-state index in [1.807, 2.05) is 67.3 Å². The second-order valence-electron chi connectivity index (χ2n) is 8.05. The van der Waals surface area contributed by atoms with E-state index < -0.39 is 0 Å². The van der Waals surface area contributed by atoms with Gasteiger partial charge in [0.25, 0.3) is 5.91 Å². The predicted octanol–water partition coefficient (Wildman–Crippen LogP) is 3.56. The third kappa shape index (κ3) is 4.39. The fourth-order valence-corrected chi connectivity index (χ4v) is 3.99. The van der Waals surface area contributed by atoms with Crippen molar-refractivity contribution in [1.29, 1.82) is 0 Å². The molecule has 1 saturated heterocycles.